The lowest BCUT2D eigenvalue weighted by molar-refractivity contribution is -0.145. The smallest absolute Gasteiger partial charge is 0.327 e. The summed E-state index contributed by atoms with van der Waals surface area (Å²) >= 11 is 3.87. The predicted molar refractivity (Wildman–Crippen MR) is 216 cm³/mol. The van der Waals surface area contributed by atoms with Gasteiger partial charge in [-0.25, -0.2) is 4.79 Å². The first kappa shape index (κ1) is 51.6. The van der Waals surface area contributed by atoms with E-state index in [1.165, 1.54) is 9.80 Å². The molecule has 2 heterocycles. The summed E-state index contributed by atoms with van der Waals surface area (Å²) in [7, 11) is 0. The number of nitrogens with zero attached hydrogens (tertiary/aromatic N) is 2. The topological polar surface area (TPSA) is 367 Å². The highest BCUT2D eigenvalue weighted by Crippen LogP contribution is 2.23. The average molecular weight is 886 g/mol. The van der Waals surface area contributed by atoms with Crippen molar-refractivity contribution in [2.24, 2.45) is 23.3 Å². The van der Waals surface area contributed by atoms with Crippen LogP contribution in [0.3, 0.4) is 0 Å². The Hall–Kier alpha value is -5.52. The van der Waals surface area contributed by atoms with E-state index in [0.717, 1.165) is 0 Å². The molecular weight excluding hydrogens is 827 g/mol. The zero-order chi connectivity index (χ0) is 46.3. The molecular formula is C37H59N9O14S. The summed E-state index contributed by atoms with van der Waals surface area (Å²) in [5.41, 5.74) is 10.9. The zero-order valence-corrected chi connectivity index (χ0v) is 35.5. The van der Waals surface area contributed by atoms with Crippen LogP contribution in [0.1, 0.15) is 85.5 Å². The van der Waals surface area contributed by atoms with Crippen LogP contribution in [0.15, 0.2) is 0 Å². The molecule has 0 saturated carbocycles. The average Bonchev–Trinajstić information content (AvgIpc) is 3.86. The monoisotopic (exact) mass is 885 g/mol. The minimum atomic E-state index is -1.70. The maximum atomic E-state index is 14.1. The van der Waals surface area contributed by atoms with Crippen molar-refractivity contribution in [1.29, 1.82) is 0 Å². The molecule has 0 aromatic heterocycles. The van der Waals surface area contributed by atoms with E-state index in [9.17, 15) is 63.0 Å². The lowest BCUT2D eigenvalue weighted by Crippen LogP contribution is -2.60. The van der Waals surface area contributed by atoms with Crippen molar-refractivity contribution in [3.63, 3.8) is 0 Å². The molecule has 24 heteroatoms. The third kappa shape index (κ3) is 15.8. The standard InChI is InChI=1S/C37H59N9O14S/c1-17(2)13-22(36(58)46-12-5-7-24(46)32(54)41-21(15-28(50)51)31(53)43-23(16-61)37(59)60)42-34(56)29(18(3)4)44-33(55)25-8-6-11-45(25)35(57)20(9-10-26(39)47)40-30(52)19(38)14-27(48)49/h17-25,29,61H,5-16,38H2,1-4H3,(H2,39,47)(H,40,52)(H,41,54)(H,42,56)(H,43,53)(H,44,55)(H,48,49)(H,50,51)(H,59,60)/t19-,20-,21-,22-,23-,24-,25-,29-/m0/s1. The van der Waals surface area contributed by atoms with Gasteiger partial charge >= 0.3 is 17.9 Å². The van der Waals surface area contributed by atoms with Gasteiger partial charge in [-0.05, 0) is 50.4 Å². The number of nitrogens with one attached hydrogen (secondary N) is 5. The molecule has 0 unspecified atom stereocenters. The Bertz CT molecular complexity index is 1680. The van der Waals surface area contributed by atoms with Crippen molar-refractivity contribution in [3.8, 4) is 0 Å². The summed E-state index contributed by atoms with van der Waals surface area (Å²) in [6, 6.07) is -10.8. The van der Waals surface area contributed by atoms with E-state index in [1.54, 1.807) is 27.7 Å². The lowest BCUT2D eigenvalue weighted by atomic mass is 9.99. The molecule has 342 valence electrons. The van der Waals surface area contributed by atoms with Gasteiger partial charge in [0.15, 0.2) is 0 Å². The van der Waals surface area contributed by atoms with E-state index in [2.05, 4.69) is 39.2 Å². The number of carboxylic acid groups (broad SMARTS) is 3. The van der Waals surface area contributed by atoms with Crippen molar-refractivity contribution >= 4 is 77.8 Å². The molecule has 2 fully saturated rings. The van der Waals surface area contributed by atoms with Gasteiger partial charge in [-0.2, -0.15) is 12.6 Å². The maximum Gasteiger partial charge on any atom is 0.327 e. The van der Waals surface area contributed by atoms with Crippen LogP contribution in [0.2, 0.25) is 0 Å². The number of thiol groups is 1. The Morgan fingerprint density at radius 2 is 1.15 bits per heavy atom. The van der Waals surface area contributed by atoms with Gasteiger partial charge in [0.25, 0.3) is 0 Å². The number of carbonyl (C=O) groups excluding carboxylic acids is 8. The molecule has 0 aliphatic carbocycles. The minimum absolute atomic E-state index is 0.0648. The molecule has 0 spiro atoms. The number of likely N-dealkylation sites (tertiary alicyclic amines) is 2. The molecule has 2 rings (SSSR count). The Labute approximate surface area is 357 Å². The highest BCUT2D eigenvalue weighted by molar-refractivity contribution is 7.80. The molecule has 61 heavy (non-hydrogen) atoms. The van der Waals surface area contributed by atoms with Crippen LogP contribution in [0.25, 0.3) is 0 Å². The number of amides is 8. The normalized spacial score (nSPS) is 19.1. The SMILES string of the molecule is CC(C)C[C@H](NC(=O)[C@@H](NC(=O)[C@@H]1CCCN1C(=O)[C@H](CCC(N)=O)NC(=O)[C@@H](N)CC(=O)O)C(C)C)C(=O)N1CCC[C@H]1C(=O)N[C@@H](CC(=O)O)C(=O)N[C@@H](CS)C(=O)O. The summed E-state index contributed by atoms with van der Waals surface area (Å²) in [5.74, 6) is -11.9. The highest BCUT2D eigenvalue weighted by Gasteiger charge is 2.42. The van der Waals surface area contributed by atoms with Gasteiger partial charge < -0.3 is 63.2 Å². The van der Waals surface area contributed by atoms with E-state index in [-0.39, 0.29) is 56.9 Å². The minimum Gasteiger partial charge on any atom is -0.481 e. The quantitative estimate of drug-likeness (QED) is 0.0422. The summed E-state index contributed by atoms with van der Waals surface area (Å²) < 4.78 is 0. The fourth-order valence-corrected chi connectivity index (χ4v) is 7.21. The molecule has 12 N–H and O–H groups in total. The molecule has 8 amide bonds. The first-order valence-corrected chi connectivity index (χ1v) is 20.6. The van der Waals surface area contributed by atoms with Crippen LogP contribution >= 0.6 is 12.6 Å². The first-order valence-electron chi connectivity index (χ1n) is 19.9. The molecule has 0 aromatic rings. The maximum absolute atomic E-state index is 14.1. The van der Waals surface area contributed by atoms with Gasteiger partial charge in [-0.15, -0.1) is 0 Å². The Morgan fingerprint density at radius 3 is 1.61 bits per heavy atom. The van der Waals surface area contributed by atoms with Gasteiger partial charge in [0.2, 0.25) is 47.3 Å². The van der Waals surface area contributed by atoms with Gasteiger partial charge in [-0.1, -0.05) is 27.7 Å². The number of nitrogens with two attached hydrogens (primary N) is 2. The van der Waals surface area contributed by atoms with Gasteiger partial charge in [0, 0.05) is 25.3 Å². The van der Waals surface area contributed by atoms with Crippen LogP contribution in [0, 0.1) is 11.8 Å². The van der Waals surface area contributed by atoms with Gasteiger partial charge in [-0.3, -0.25) is 47.9 Å². The van der Waals surface area contributed by atoms with Crippen LogP contribution in [0.5, 0.6) is 0 Å². The van der Waals surface area contributed by atoms with E-state index < -0.39 is 132 Å². The van der Waals surface area contributed by atoms with Crippen molar-refractivity contribution in [3.05, 3.63) is 0 Å². The number of hydrogen-bond acceptors (Lipinski definition) is 13. The number of carboxylic acids is 3. The molecule has 0 aromatic carbocycles. The third-order valence-electron chi connectivity index (χ3n) is 10.1. The summed E-state index contributed by atoms with van der Waals surface area (Å²) in [6.45, 7) is 6.98. The molecule has 2 saturated heterocycles. The summed E-state index contributed by atoms with van der Waals surface area (Å²) in [5, 5.41) is 39.9. The van der Waals surface area contributed by atoms with E-state index in [0.29, 0.717) is 12.8 Å². The van der Waals surface area contributed by atoms with Crippen molar-refractivity contribution in [2.45, 2.75) is 134 Å². The van der Waals surface area contributed by atoms with Crippen LogP contribution < -0.4 is 38.1 Å². The number of carbonyl (C=O) groups is 11. The second-order valence-electron chi connectivity index (χ2n) is 15.8. The lowest BCUT2D eigenvalue weighted by Gasteiger charge is -2.33. The number of rotatable bonds is 24. The Kier molecular flexibility index (Phi) is 20.4. The molecule has 2 aliphatic rings. The van der Waals surface area contributed by atoms with Crippen LogP contribution in [-0.2, 0) is 52.7 Å². The van der Waals surface area contributed by atoms with Crippen LogP contribution in [-0.4, -0.2) is 157 Å². The first-order chi connectivity index (χ1) is 28.5. The van der Waals surface area contributed by atoms with Crippen molar-refractivity contribution < 1.29 is 68.1 Å². The van der Waals surface area contributed by atoms with Crippen molar-refractivity contribution in [1.82, 2.24) is 36.4 Å². The number of hydrogen-bond donors (Lipinski definition) is 11. The number of aliphatic carboxylic acids is 3. The number of primary amides is 1. The highest BCUT2D eigenvalue weighted by atomic mass is 32.1. The van der Waals surface area contributed by atoms with Crippen molar-refractivity contribution in [2.75, 3.05) is 18.8 Å². The fourth-order valence-electron chi connectivity index (χ4n) is 6.96. The van der Waals surface area contributed by atoms with E-state index >= 15 is 0 Å². The molecule has 2 aliphatic heterocycles. The Balaban J connectivity index is 2.27. The van der Waals surface area contributed by atoms with E-state index in [1.807, 2.05) is 0 Å². The third-order valence-corrected chi connectivity index (χ3v) is 10.4. The largest absolute Gasteiger partial charge is 0.481 e. The Morgan fingerprint density at radius 1 is 0.656 bits per heavy atom. The molecule has 0 radical (unpaired) electrons. The van der Waals surface area contributed by atoms with Gasteiger partial charge in [0.1, 0.15) is 42.3 Å². The second-order valence-corrected chi connectivity index (χ2v) is 16.2. The fraction of sp³-hybridized carbons (Fsp3) is 0.703. The molecule has 0 bridgehead atoms. The van der Waals surface area contributed by atoms with Crippen LogP contribution in [0.4, 0.5) is 0 Å². The summed E-state index contributed by atoms with van der Waals surface area (Å²) in [6.07, 6.45) is -1.16. The molecule has 23 nitrogen and oxygen atoms in total. The predicted octanol–water partition coefficient (Wildman–Crippen LogP) is -3.35. The second kappa shape index (κ2) is 24.1. The van der Waals surface area contributed by atoms with E-state index in [4.69, 9.17) is 16.6 Å². The van der Waals surface area contributed by atoms with Gasteiger partial charge in [0.05, 0.1) is 18.9 Å². The molecule has 8 atom stereocenters. The summed E-state index contributed by atoms with van der Waals surface area (Å²) in [4.78, 5) is 143. The zero-order valence-electron chi connectivity index (χ0n) is 34.6.